The molecule has 0 bridgehead atoms. The second-order valence-electron chi connectivity index (χ2n) is 10.1. The second kappa shape index (κ2) is 10.4. The van der Waals surface area contributed by atoms with E-state index in [-0.39, 0.29) is 6.79 Å². The normalized spacial score (nSPS) is 20.9. The highest BCUT2D eigenvalue weighted by molar-refractivity contribution is 5.86. The van der Waals surface area contributed by atoms with Gasteiger partial charge in [0.05, 0.1) is 18.9 Å². The molecule has 0 aromatic heterocycles. The summed E-state index contributed by atoms with van der Waals surface area (Å²) in [4.78, 5) is 26.6. The molecule has 0 radical (unpaired) electrons. The number of esters is 1. The van der Waals surface area contributed by atoms with Gasteiger partial charge in [-0.25, -0.2) is 0 Å². The number of aryl methyl sites for hydroxylation is 1. The van der Waals surface area contributed by atoms with Crippen molar-refractivity contribution in [2.24, 2.45) is 11.8 Å². The number of carboxylic acids is 1. The van der Waals surface area contributed by atoms with Gasteiger partial charge in [0.25, 0.3) is 0 Å². The quantitative estimate of drug-likeness (QED) is 0.222. The molecule has 7 heteroatoms. The van der Waals surface area contributed by atoms with Gasteiger partial charge in [-0.1, -0.05) is 60.7 Å². The fourth-order valence-electron chi connectivity index (χ4n) is 6.02. The number of aliphatic carboxylic acids is 1. The van der Waals surface area contributed by atoms with Gasteiger partial charge in [-0.15, -0.1) is 0 Å². The number of para-hydroxylation sites is 1. The fraction of sp³-hybridized carbons (Fsp3) is 0.212. The van der Waals surface area contributed by atoms with Gasteiger partial charge >= 0.3 is 11.9 Å². The van der Waals surface area contributed by atoms with Crippen molar-refractivity contribution in [2.45, 2.75) is 18.8 Å². The lowest BCUT2D eigenvalue weighted by Crippen LogP contribution is -2.52. The Morgan fingerprint density at radius 2 is 1.48 bits per heavy atom. The van der Waals surface area contributed by atoms with E-state index in [1.165, 1.54) is 0 Å². The molecule has 0 amide bonds. The Hall–Kier alpha value is -4.78. The lowest BCUT2D eigenvalue weighted by Gasteiger charge is -2.49. The van der Waals surface area contributed by atoms with Crippen molar-refractivity contribution in [1.82, 2.24) is 0 Å². The zero-order valence-corrected chi connectivity index (χ0v) is 22.1. The van der Waals surface area contributed by atoms with Crippen LogP contribution in [0.2, 0.25) is 0 Å². The van der Waals surface area contributed by atoms with Gasteiger partial charge in [0, 0.05) is 11.8 Å². The number of hydrogen-bond acceptors (Lipinski definition) is 6. The van der Waals surface area contributed by atoms with E-state index in [0.717, 1.165) is 22.3 Å². The van der Waals surface area contributed by atoms with Crippen LogP contribution in [0.1, 0.15) is 28.5 Å². The van der Waals surface area contributed by atoms with Crippen LogP contribution in [0.5, 0.6) is 23.0 Å². The SMILES string of the molecule is COc1ccccc1[C@@H]1[C@@H](C(=O)O)C(c2ccccc2C)[C@@H]1C(=O)Oc1cccc(-c2ccc3c(c2)OCO3)c1. The van der Waals surface area contributed by atoms with Gasteiger partial charge in [0.15, 0.2) is 11.5 Å². The van der Waals surface area contributed by atoms with Gasteiger partial charge in [-0.05, 0) is 65.1 Å². The van der Waals surface area contributed by atoms with E-state index in [4.69, 9.17) is 18.9 Å². The molecule has 6 rings (SSSR count). The van der Waals surface area contributed by atoms with Crippen LogP contribution in [0.25, 0.3) is 11.1 Å². The Morgan fingerprint density at radius 3 is 2.25 bits per heavy atom. The highest BCUT2D eigenvalue weighted by Crippen LogP contribution is 2.60. The Morgan fingerprint density at radius 1 is 0.775 bits per heavy atom. The molecule has 1 unspecified atom stereocenters. The molecule has 2 aliphatic rings. The van der Waals surface area contributed by atoms with Gasteiger partial charge < -0.3 is 24.1 Å². The number of benzene rings is 4. The van der Waals surface area contributed by atoms with Crippen molar-refractivity contribution in [3.05, 3.63) is 108 Å². The predicted octanol–water partition coefficient (Wildman–Crippen LogP) is 6.20. The van der Waals surface area contributed by atoms with E-state index in [0.29, 0.717) is 28.6 Å². The smallest absolute Gasteiger partial charge is 0.315 e. The molecule has 1 saturated carbocycles. The molecule has 1 fully saturated rings. The minimum Gasteiger partial charge on any atom is -0.496 e. The molecule has 1 aliphatic heterocycles. The Balaban J connectivity index is 1.36. The average Bonchev–Trinajstić information content (AvgIpc) is 3.42. The molecule has 4 atom stereocenters. The molecule has 1 N–H and O–H groups in total. The van der Waals surface area contributed by atoms with Crippen molar-refractivity contribution in [2.75, 3.05) is 13.9 Å². The highest BCUT2D eigenvalue weighted by Gasteiger charge is 2.60. The number of methoxy groups -OCH3 is 1. The summed E-state index contributed by atoms with van der Waals surface area (Å²) >= 11 is 0. The zero-order valence-electron chi connectivity index (χ0n) is 22.1. The Labute approximate surface area is 231 Å². The first-order chi connectivity index (χ1) is 19.5. The maximum atomic E-state index is 13.9. The number of carbonyl (C=O) groups excluding carboxylic acids is 1. The molecule has 0 saturated heterocycles. The minimum atomic E-state index is -0.960. The first-order valence-corrected chi connectivity index (χ1v) is 13.1. The monoisotopic (exact) mass is 536 g/mol. The van der Waals surface area contributed by atoms with Crippen molar-refractivity contribution in [1.29, 1.82) is 0 Å². The fourth-order valence-corrected chi connectivity index (χ4v) is 6.02. The molecule has 0 spiro atoms. The van der Waals surface area contributed by atoms with Crippen molar-refractivity contribution in [3.63, 3.8) is 0 Å². The van der Waals surface area contributed by atoms with E-state index >= 15 is 0 Å². The molecular formula is C33H28O7. The predicted molar refractivity (Wildman–Crippen MR) is 148 cm³/mol. The summed E-state index contributed by atoms with van der Waals surface area (Å²) in [7, 11) is 1.54. The summed E-state index contributed by atoms with van der Waals surface area (Å²) < 4.78 is 22.5. The molecule has 40 heavy (non-hydrogen) atoms. The van der Waals surface area contributed by atoms with Crippen molar-refractivity contribution < 1.29 is 33.6 Å². The lowest BCUT2D eigenvalue weighted by atomic mass is 9.52. The van der Waals surface area contributed by atoms with Crippen LogP contribution in [-0.2, 0) is 9.59 Å². The van der Waals surface area contributed by atoms with Crippen molar-refractivity contribution >= 4 is 11.9 Å². The summed E-state index contributed by atoms with van der Waals surface area (Å²) in [5, 5.41) is 10.4. The van der Waals surface area contributed by atoms with Gasteiger partial charge in [-0.2, -0.15) is 0 Å². The first kappa shape index (κ1) is 25.5. The third-order valence-electron chi connectivity index (χ3n) is 7.91. The van der Waals surface area contributed by atoms with E-state index < -0.39 is 35.6 Å². The number of carbonyl (C=O) groups is 2. The number of fused-ring (bicyclic) bond motifs is 1. The van der Waals surface area contributed by atoms with E-state index in [1.807, 2.05) is 79.7 Å². The topological polar surface area (TPSA) is 91.3 Å². The molecule has 7 nitrogen and oxygen atoms in total. The summed E-state index contributed by atoms with van der Waals surface area (Å²) in [6.07, 6.45) is 0. The minimum absolute atomic E-state index is 0.185. The number of rotatable bonds is 7. The molecule has 4 aromatic carbocycles. The van der Waals surface area contributed by atoms with Crippen LogP contribution in [0, 0.1) is 18.8 Å². The first-order valence-electron chi connectivity index (χ1n) is 13.1. The van der Waals surface area contributed by atoms with Crippen LogP contribution < -0.4 is 18.9 Å². The standard InChI is InChI=1S/C33H28O7/c1-19-8-3-4-11-23(19)28-30(32(34)35)29(24-12-5-6-13-25(24)37-2)31(28)33(36)40-22-10-7-9-20(16-22)21-14-15-26-27(17-21)39-18-38-26/h3-17,28-31H,18H2,1-2H3,(H,34,35)/t28?,29-,30+,31+/m1/s1. The van der Waals surface area contributed by atoms with Crippen molar-refractivity contribution in [3.8, 4) is 34.1 Å². The number of carboxylic acid groups (broad SMARTS) is 1. The van der Waals surface area contributed by atoms with Crippen LogP contribution in [0.4, 0.5) is 0 Å². The van der Waals surface area contributed by atoms with Gasteiger partial charge in [0.1, 0.15) is 11.5 Å². The lowest BCUT2D eigenvalue weighted by molar-refractivity contribution is -0.158. The summed E-state index contributed by atoms with van der Waals surface area (Å²) in [5.41, 5.74) is 4.18. The number of hydrogen-bond donors (Lipinski definition) is 1. The maximum absolute atomic E-state index is 13.9. The molecule has 1 heterocycles. The summed E-state index contributed by atoms with van der Waals surface area (Å²) in [5.74, 6) is -1.90. The second-order valence-corrected chi connectivity index (χ2v) is 10.1. The molecule has 1 aliphatic carbocycles. The highest BCUT2D eigenvalue weighted by atomic mass is 16.7. The van der Waals surface area contributed by atoms with Gasteiger partial charge in [-0.3, -0.25) is 9.59 Å². The van der Waals surface area contributed by atoms with Gasteiger partial charge in [0.2, 0.25) is 6.79 Å². The molecule has 4 aromatic rings. The Bertz CT molecular complexity index is 1590. The van der Waals surface area contributed by atoms with Crippen LogP contribution in [-0.4, -0.2) is 30.9 Å². The summed E-state index contributed by atoms with van der Waals surface area (Å²) in [6.45, 7) is 2.12. The summed E-state index contributed by atoms with van der Waals surface area (Å²) in [6, 6.07) is 27.8. The zero-order chi connectivity index (χ0) is 27.8. The van der Waals surface area contributed by atoms with E-state index in [2.05, 4.69) is 0 Å². The van der Waals surface area contributed by atoms with Crippen LogP contribution in [0.15, 0.2) is 91.0 Å². The third kappa shape index (κ3) is 4.43. The van der Waals surface area contributed by atoms with E-state index in [1.54, 1.807) is 25.3 Å². The number of ether oxygens (including phenoxy) is 4. The maximum Gasteiger partial charge on any atom is 0.315 e. The largest absolute Gasteiger partial charge is 0.496 e. The van der Waals surface area contributed by atoms with E-state index in [9.17, 15) is 14.7 Å². The Kier molecular flexibility index (Phi) is 6.64. The van der Waals surface area contributed by atoms with Crippen LogP contribution in [0.3, 0.4) is 0 Å². The average molecular weight is 537 g/mol. The third-order valence-corrected chi connectivity index (χ3v) is 7.91. The molecule has 202 valence electrons. The van der Waals surface area contributed by atoms with Crippen LogP contribution >= 0.6 is 0 Å². The molecular weight excluding hydrogens is 508 g/mol.